The summed E-state index contributed by atoms with van der Waals surface area (Å²) in [6, 6.07) is -3.60. The predicted molar refractivity (Wildman–Crippen MR) is 332 cm³/mol. The van der Waals surface area contributed by atoms with Gasteiger partial charge in [0.25, 0.3) is 0 Å². The Morgan fingerprint density at radius 1 is 0.600 bits per heavy atom. The lowest BCUT2D eigenvalue weighted by atomic mass is 9.82. The number of halogens is 1. The van der Waals surface area contributed by atoms with Crippen LogP contribution in [0.15, 0.2) is 24.2 Å². The van der Waals surface area contributed by atoms with Gasteiger partial charge < -0.3 is 46.3 Å². The van der Waals surface area contributed by atoms with Gasteiger partial charge in [-0.3, -0.25) is 28.8 Å². The fourth-order valence-electron chi connectivity index (χ4n) is 14.1. The molecule has 0 aromatic heterocycles. The zero-order valence-electron chi connectivity index (χ0n) is 54.1. The Hall–Kier alpha value is -5.46. The van der Waals surface area contributed by atoms with Crippen LogP contribution in [0.4, 0.5) is 16.2 Å². The largest absolute Gasteiger partial charge is 0.467 e. The molecule has 0 spiro atoms. The van der Waals surface area contributed by atoms with E-state index in [1.54, 1.807) is 15.9 Å². The van der Waals surface area contributed by atoms with Gasteiger partial charge in [-0.1, -0.05) is 149 Å². The van der Waals surface area contributed by atoms with Gasteiger partial charge in [-0.15, -0.1) is 12.4 Å². The number of esters is 2. The molecule has 4 amide bonds. The number of carbonyl (C=O) groups excluding carboxylic acids is 6. The standard InChI is InChI=1S/C32H50N4O6.C18H26N2O4.C14H24N2O2.ClH/c1-30(2,3)19(15-33-23-21(31(4,5)6)25(37)26(23)38)34-29(41)35-22(17-13-11-10-12-14-17)27(39)36-16-18-20(32(18,7)8)24(36)28(40)42-9;1-18(2)12-9-20(15(13(12)18)17(23)24-3)16(22)14(19-10-21)11-7-5-4-6-8-11;1-13(2,3)8(15)7-16-10-9(14(4,5)6)11(17)12(10)18;/h17-20,22,24,33H,10-16H2,1-9H3,(H2,34,35,41);11-15H,4-9H2,1-3H3;8,16H,7,15H2,1-6H3;1H/t18?,19-,20?,22+,24+;12-,13-,14-,15-;8-;/m101./s1. The van der Waals surface area contributed by atoms with Crippen LogP contribution in [-0.4, -0.2) is 122 Å². The summed E-state index contributed by atoms with van der Waals surface area (Å²) in [5.74, 6) is -0.392. The van der Waals surface area contributed by atoms with Gasteiger partial charge in [0.05, 0.1) is 31.6 Å². The molecule has 10 atom stereocenters. The van der Waals surface area contributed by atoms with E-state index in [1.165, 1.54) is 14.2 Å². The first kappa shape index (κ1) is 70.3. The minimum absolute atomic E-state index is 0. The van der Waals surface area contributed by atoms with Crippen LogP contribution in [0.1, 0.15) is 186 Å². The molecule has 8 rings (SSSR count). The monoisotopic (exact) mass is 1210 g/mol. The average molecular weight is 1210 g/mol. The summed E-state index contributed by atoms with van der Waals surface area (Å²) in [7, 11) is 2.71. The lowest BCUT2D eigenvalue weighted by Crippen LogP contribution is -2.60. The summed E-state index contributed by atoms with van der Waals surface area (Å²) in [6.07, 6.45) is 11.4. The number of aliphatic imine (C=N–C) groups is 1. The highest BCUT2D eigenvalue weighted by atomic mass is 35.5. The number of amides is 4. The molecule has 21 heteroatoms. The number of nitrogens with zero attached hydrogens (tertiary/aromatic N) is 3. The third kappa shape index (κ3) is 14.9. The second-order valence-corrected chi connectivity index (χ2v) is 30.4. The molecule has 476 valence electrons. The third-order valence-corrected chi connectivity index (χ3v) is 19.8. The number of hydrogen-bond acceptors (Lipinski definition) is 16. The molecule has 85 heavy (non-hydrogen) atoms. The summed E-state index contributed by atoms with van der Waals surface area (Å²) in [4.78, 5) is 132. The minimum atomic E-state index is -0.757. The van der Waals surface area contributed by atoms with Crippen LogP contribution in [0.5, 0.6) is 0 Å². The fourth-order valence-corrected chi connectivity index (χ4v) is 14.1. The van der Waals surface area contributed by atoms with E-state index in [-0.39, 0.29) is 99.5 Å². The number of rotatable bonds is 15. The van der Waals surface area contributed by atoms with Gasteiger partial charge in [0, 0.05) is 55.2 Å². The van der Waals surface area contributed by atoms with E-state index in [2.05, 4.69) is 54.0 Å². The summed E-state index contributed by atoms with van der Waals surface area (Å²) in [5, 5.41) is 12.2. The van der Waals surface area contributed by atoms with Gasteiger partial charge in [0.15, 0.2) is 0 Å². The van der Waals surface area contributed by atoms with Crippen LogP contribution in [0.3, 0.4) is 0 Å². The third-order valence-electron chi connectivity index (χ3n) is 19.8. The maximum absolute atomic E-state index is 14.1. The van der Waals surface area contributed by atoms with Gasteiger partial charge >= 0.3 is 18.0 Å². The van der Waals surface area contributed by atoms with Gasteiger partial charge in [-0.2, -0.15) is 4.99 Å². The molecule has 0 bridgehead atoms. The van der Waals surface area contributed by atoms with Crippen molar-refractivity contribution in [3.8, 4) is 0 Å². The SMILES string of the molecule is CC(C)(C)c1c(NC[C@@H](N)C(C)(C)C)c(=O)c1=O.COC(=O)[C@@H]1C2C(CN1C(=O)[C@@H](NC(=O)N[C@H](CNc1c(C(C)(C)C)c(=O)c1=O)C(C)(C)C)C1CCCCC1)C2(C)C.COC(=O)[C@@H]1[C@@H]2[C@H](CN1C(=O)[C@@H](N=C=O)C1CCCCC1)C2(C)C.Cl. The normalized spacial score (nSPS) is 24.8. The number of fused-ring (bicyclic) bond motifs is 2. The zero-order chi connectivity index (χ0) is 63.1. The molecule has 2 heterocycles. The van der Waals surface area contributed by atoms with E-state index < -0.39 is 69.3 Å². The number of hydrogen-bond donors (Lipinski definition) is 5. The Balaban J connectivity index is 0.000000258. The maximum Gasteiger partial charge on any atom is 0.328 e. The molecule has 2 saturated heterocycles. The molecule has 2 aromatic carbocycles. The molecular formula is C64H101ClN8O12. The van der Waals surface area contributed by atoms with Crippen molar-refractivity contribution in [3.63, 3.8) is 0 Å². The second-order valence-electron chi connectivity index (χ2n) is 30.4. The molecule has 4 aliphatic carbocycles. The Labute approximate surface area is 509 Å². The first-order chi connectivity index (χ1) is 38.8. The van der Waals surface area contributed by atoms with Crippen molar-refractivity contribution in [2.24, 2.45) is 67.9 Å². The lowest BCUT2D eigenvalue weighted by molar-refractivity contribution is -0.154. The number of urea groups is 1. The predicted octanol–water partition coefficient (Wildman–Crippen LogP) is 7.03. The minimum Gasteiger partial charge on any atom is -0.467 e. The van der Waals surface area contributed by atoms with Crippen molar-refractivity contribution in [1.82, 2.24) is 20.4 Å². The molecule has 4 saturated carbocycles. The number of nitrogens with two attached hydrogens (primary N) is 1. The fraction of sp³-hybridized carbons (Fsp3) is 0.781. The molecule has 20 nitrogen and oxygen atoms in total. The van der Waals surface area contributed by atoms with Gasteiger partial charge in [0.1, 0.15) is 24.2 Å². The molecular weight excluding hydrogens is 1110 g/mol. The molecule has 2 aliphatic heterocycles. The number of methoxy groups -OCH3 is 2. The lowest BCUT2D eigenvalue weighted by Gasteiger charge is -2.37. The maximum atomic E-state index is 14.1. The van der Waals surface area contributed by atoms with Gasteiger partial charge in [-0.25, -0.2) is 19.2 Å². The summed E-state index contributed by atoms with van der Waals surface area (Å²) >= 11 is 0. The Morgan fingerprint density at radius 3 is 1.38 bits per heavy atom. The number of ether oxygens (including phenoxy) is 2. The Bertz CT molecular complexity index is 2950. The number of nitrogens with one attached hydrogen (secondary N) is 4. The van der Waals surface area contributed by atoms with Crippen LogP contribution in [0.2, 0.25) is 0 Å². The van der Waals surface area contributed by atoms with E-state index in [9.17, 15) is 47.9 Å². The van der Waals surface area contributed by atoms with Crippen molar-refractivity contribution >= 4 is 59.6 Å². The van der Waals surface area contributed by atoms with Gasteiger partial charge in [0.2, 0.25) is 39.6 Å². The van der Waals surface area contributed by atoms with Crippen LogP contribution in [0, 0.1) is 57.2 Å². The van der Waals surface area contributed by atoms with Crippen LogP contribution >= 0.6 is 12.4 Å². The highest BCUT2D eigenvalue weighted by Gasteiger charge is 2.71. The van der Waals surface area contributed by atoms with E-state index in [4.69, 9.17) is 15.2 Å². The highest BCUT2D eigenvalue weighted by molar-refractivity contribution is 5.92. The second kappa shape index (κ2) is 26.5. The number of likely N-dealkylation sites (tertiary alicyclic amines) is 2. The smallest absolute Gasteiger partial charge is 0.328 e. The summed E-state index contributed by atoms with van der Waals surface area (Å²) in [6.45, 7) is 33.8. The Kier molecular flexibility index (Phi) is 21.9. The number of piperidine rings is 2. The number of anilines is 2. The molecule has 0 radical (unpaired) electrons. The van der Waals surface area contributed by atoms with Crippen molar-refractivity contribution < 1.29 is 38.2 Å². The molecule has 6 aliphatic rings. The molecule has 6 N–H and O–H groups in total. The van der Waals surface area contributed by atoms with E-state index in [0.717, 1.165) is 64.2 Å². The van der Waals surface area contributed by atoms with Crippen molar-refractivity contribution in [2.45, 2.75) is 222 Å². The number of carbonyl (C=O) groups is 5. The van der Waals surface area contributed by atoms with Crippen molar-refractivity contribution in [3.05, 3.63) is 52.0 Å². The van der Waals surface area contributed by atoms with Crippen LogP contribution in [0.25, 0.3) is 0 Å². The molecule has 2 unspecified atom stereocenters. The van der Waals surface area contributed by atoms with Crippen molar-refractivity contribution in [2.75, 3.05) is 51.0 Å². The highest BCUT2D eigenvalue weighted by Crippen LogP contribution is 2.66. The van der Waals surface area contributed by atoms with Crippen LogP contribution < -0.4 is 48.7 Å². The zero-order valence-corrected chi connectivity index (χ0v) is 54.9. The molecule has 2 aromatic rings. The van der Waals surface area contributed by atoms with E-state index in [0.29, 0.717) is 48.1 Å². The summed E-state index contributed by atoms with van der Waals surface area (Å²) in [5.41, 5.74) is 4.89. The van der Waals surface area contributed by atoms with Gasteiger partial charge in [-0.05, 0) is 81.8 Å². The topological polar surface area (TPSA) is 282 Å². The van der Waals surface area contributed by atoms with E-state index >= 15 is 0 Å². The van der Waals surface area contributed by atoms with Crippen molar-refractivity contribution in [1.29, 1.82) is 0 Å². The summed E-state index contributed by atoms with van der Waals surface area (Å²) < 4.78 is 10.1. The quantitative estimate of drug-likeness (QED) is 0.0518. The number of isocyanates is 1. The van der Waals surface area contributed by atoms with Crippen LogP contribution in [-0.2, 0) is 44.3 Å². The molecule has 6 fully saturated rings. The Morgan fingerprint density at radius 2 is 1.00 bits per heavy atom. The van der Waals surface area contributed by atoms with E-state index in [1.807, 2.05) is 83.1 Å². The first-order valence-electron chi connectivity index (χ1n) is 30.6. The average Bonchev–Trinajstić information content (AvgIpc) is 1.61. The first-order valence-corrected chi connectivity index (χ1v) is 30.6.